The van der Waals surface area contributed by atoms with Crippen molar-refractivity contribution in [3.8, 4) is 0 Å². The summed E-state index contributed by atoms with van der Waals surface area (Å²) >= 11 is 0. The highest BCUT2D eigenvalue weighted by Crippen LogP contribution is 2.37. The Labute approximate surface area is 215 Å². The van der Waals surface area contributed by atoms with Gasteiger partial charge in [0.25, 0.3) is 0 Å². The van der Waals surface area contributed by atoms with E-state index < -0.39 is 13.7 Å². The lowest BCUT2D eigenvalue weighted by Crippen LogP contribution is -2.43. The van der Waals surface area contributed by atoms with Gasteiger partial charge in [0, 0.05) is 12.5 Å². The lowest BCUT2D eigenvalue weighted by Gasteiger charge is -2.38. The van der Waals surface area contributed by atoms with Gasteiger partial charge in [0.1, 0.15) is 12.9 Å². The number of esters is 1. The zero-order valence-corrected chi connectivity index (χ0v) is 25.1. The van der Waals surface area contributed by atoms with Gasteiger partial charge in [-0.25, -0.2) is 0 Å². The third-order valence-electron chi connectivity index (χ3n) is 6.53. The highest BCUT2D eigenvalue weighted by atomic mass is 28.4. The molecule has 0 unspecified atom stereocenters. The van der Waals surface area contributed by atoms with Crippen molar-refractivity contribution in [3.05, 3.63) is 47.5 Å². The Bertz CT molecular complexity index is 790. The van der Waals surface area contributed by atoms with Gasteiger partial charge in [-0.15, -0.1) is 0 Å². The molecule has 0 aliphatic heterocycles. The topological polar surface area (TPSA) is 54.0 Å². The minimum Gasteiger partial charge on any atom is -0.457 e. The molecule has 0 radical (unpaired) electrons. The van der Waals surface area contributed by atoms with Crippen molar-refractivity contribution in [2.24, 2.45) is 17.3 Å². The Hall–Kier alpha value is -1.47. The highest BCUT2D eigenvalue weighted by molar-refractivity contribution is 6.74. The van der Waals surface area contributed by atoms with Gasteiger partial charge in [0.2, 0.25) is 0 Å². The molecule has 0 amide bonds. The third kappa shape index (κ3) is 11.4. The van der Waals surface area contributed by atoms with Crippen LogP contribution < -0.4 is 0 Å². The van der Waals surface area contributed by atoms with E-state index in [2.05, 4.69) is 53.8 Å². The van der Waals surface area contributed by atoms with E-state index in [1.54, 1.807) is 0 Å². The Balaban J connectivity index is 2.75. The molecular weight excluding hydrogens is 456 g/mol. The van der Waals surface area contributed by atoms with Crippen LogP contribution in [0.1, 0.15) is 67.9 Å². The van der Waals surface area contributed by atoms with Crippen molar-refractivity contribution in [1.29, 1.82) is 0 Å². The average molecular weight is 507 g/mol. The van der Waals surface area contributed by atoms with Gasteiger partial charge in [0.05, 0.1) is 18.6 Å². The molecule has 5 nitrogen and oxygen atoms in total. The first-order valence-electron chi connectivity index (χ1n) is 12.8. The summed E-state index contributed by atoms with van der Waals surface area (Å²) in [5, 5.41) is 0.129. The van der Waals surface area contributed by atoms with Crippen molar-refractivity contribution in [1.82, 2.24) is 0 Å². The van der Waals surface area contributed by atoms with Crippen LogP contribution in [0, 0.1) is 17.3 Å². The number of rotatable bonds is 13. The standard InChI is InChI=1S/C29H50O5Si/c1-22(18-31-21-32-20-25-15-13-12-14-16-25)17-23(2)26(34-27(30)28(4,5)6)24(3)19-33-35(10,11)29(7,8)9/h12-17,22,24,26H,18-21H2,1-11H3/b23-17+/t22-,24-,26-/m1/s1. The summed E-state index contributed by atoms with van der Waals surface area (Å²) in [6.07, 6.45) is 1.80. The van der Waals surface area contributed by atoms with Crippen molar-refractivity contribution in [3.63, 3.8) is 0 Å². The summed E-state index contributed by atoms with van der Waals surface area (Å²) in [6.45, 7) is 24.9. The smallest absolute Gasteiger partial charge is 0.311 e. The molecule has 1 rings (SSSR count). The fourth-order valence-corrected chi connectivity index (χ4v) is 4.32. The van der Waals surface area contributed by atoms with Crippen molar-refractivity contribution in [2.75, 3.05) is 20.0 Å². The maximum atomic E-state index is 12.8. The number of carbonyl (C=O) groups excluding carboxylic acids is 1. The molecule has 0 aliphatic carbocycles. The normalized spacial score (nSPS) is 16.0. The summed E-state index contributed by atoms with van der Waals surface area (Å²) in [7, 11) is -1.90. The first kappa shape index (κ1) is 31.6. The molecule has 0 fully saturated rings. The minimum atomic E-state index is -1.90. The molecule has 200 valence electrons. The molecule has 0 N–H and O–H groups in total. The lowest BCUT2D eigenvalue weighted by molar-refractivity contribution is -0.159. The number of ether oxygens (including phenoxy) is 3. The molecule has 0 heterocycles. The van der Waals surface area contributed by atoms with E-state index >= 15 is 0 Å². The zero-order valence-electron chi connectivity index (χ0n) is 24.1. The molecule has 0 aromatic heterocycles. The minimum absolute atomic E-state index is 0.0361. The molecule has 1 aromatic rings. The Morgan fingerprint density at radius 2 is 1.57 bits per heavy atom. The second kappa shape index (κ2) is 13.7. The summed E-state index contributed by atoms with van der Waals surface area (Å²) in [5.74, 6) is -0.0127. The molecule has 1 aromatic carbocycles. The predicted octanol–water partition coefficient (Wildman–Crippen LogP) is 7.38. The summed E-state index contributed by atoms with van der Waals surface area (Å²) in [6, 6.07) is 10.0. The van der Waals surface area contributed by atoms with E-state index in [1.165, 1.54) is 0 Å². The van der Waals surface area contributed by atoms with Gasteiger partial charge < -0.3 is 18.6 Å². The van der Waals surface area contributed by atoms with Gasteiger partial charge in [0.15, 0.2) is 8.32 Å². The largest absolute Gasteiger partial charge is 0.457 e. The third-order valence-corrected chi connectivity index (χ3v) is 11.0. The Kier molecular flexibility index (Phi) is 12.4. The van der Waals surface area contributed by atoms with Crippen LogP contribution >= 0.6 is 0 Å². The second-order valence-electron chi connectivity index (χ2n) is 12.3. The van der Waals surface area contributed by atoms with Crippen molar-refractivity contribution >= 4 is 14.3 Å². The van der Waals surface area contributed by atoms with Gasteiger partial charge in [-0.05, 0) is 62.9 Å². The predicted molar refractivity (Wildman–Crippen MR) is 147 cm³/mol. The average Bonchev–Trinajstić information content (AvgIpc) is 2.74. The molecule has 0 spiro atoms. The fourth-order valence-electron chi connectivity index (χ4n) is 3.21. The molecule has 35 heavy (non-hydrogen) atoms. The molecule has 3 atom stereocenters. The van der Waals surface area contributed by atoms with E-state index in [0.717, 1.165) is 11.1 Å². The highest BCUT2D eigenvalue weighted by Gasteiger charge is 2.38. The zero-order chi connectivity index (χ0) is 26.9. The van der Waals surface area contributed by atoms with Gasteiger partial charge in [-0.3, -0.25) is 4.79 Å². The Morgan fingerprint density at radius 3 is 2.11 bits per heavy atom. The summed E-state index contributed by atoms with van der Waals surface area (Å²) in [4.78, 5) is 12.8. The van der Waals surface area contributed by atoms with Crippen LogP contribution in [0.5, 0.6) is 0 Å². The maximum Gasteiger partial charge on any atom is 0.311 e. The molecule has 0 bridgehead atoms. The van der Waals surface area contributed by atoms with E-state index in [1.807, 2.05) is 58.0 Å². The van der Waals surface area contributed by atoms with Crippen molar-refractivity contribution < 1.29 is 23.4 Å². The van der Waals surface area contributed by atoms with Crippen LogP contribution in [-0.2, 0) is 30.0 Å². The van der Waals surface area contributed by atoms with Crippen LogP contribution in [0.2, 0.25) is 18.1 Å². The fraction of sp³-hybridized carbons (Fsp3) is 0.690. The van der Waals surface area contributed by atoms with E-state index in [9.17, 15) is 4.79 Å². The SMILES string of the molecule is C/C(=C\[C@@H](C)COCOCc1ccccc1)[C@@H](OC(=O)C(C)(C)C)[C@H](C)CO[Si](C)(C)C(C)(C)C. The summed E-state index contributed by atoms with van der Waals surface area (Å²) < 4.78 is 23.9. The van der Waals surface area contributed by atoms with Crippen LogP contribution in [0.15, 0.2) is 42.0 Å². The first-order chi connectivity index (χ1) is 16.0. The quantitative estimate of drug-likeness (QED) is 0.0918. The maximum absolute atomic E-state index is 12.8. The van der Waals surface area contributed by atoms with Crippen LogP contribution in [0.3, 0.4) is 0 Å². The molecule has 6 heteroatoms. The number of hydrogen-bond acceptors (Lipinski definition) is 5. The number of carbonyl (C=O) groups is 1. The number of benzene rings is 1. The number of hydrogen-bond donors (Lipinski definition) is 0. The lowest BCUT2D eigenvalue weighted by atomic mass is 9.94. The van der Waals surface area contributed by atoms with E-state index in [0.29, 0.717) is 19.8 Å². The second-order valence-corrected chi connectivity index (χ2v) is 17.1. The molecule has 0 saturated heterocycles. The first-order valence-corrected chi connectivity index (χ1v) is 15.7. The van der Waals surface area contributed by atoms with Gasteiger partial charge in [-0.2, -0.15) is 0 Å². The molecule has 0 aliphatic rings. The van der Waals surface area contributed by atoms with Crippen LogP contribution in [0.25, 0.3) is 0 Å². The van der Waals surface area contributed by atoms with Gasteiger partial charge in [-0.1, -0.05) is 71.0 Å². The van der Waals surface area contributed by atoms with Crippen LogP contribution in [0.4, 0.5) is 0 Å². The van der Waals surface area contributed by atoms with Gasteiger partial charge >= 0.3 is 5.97 Å². The monoisotopic (exact) mass is 506 g/mol. The van der Waals surface area contributed by atoms with E-state index in [-0.39, 0.29) is 35.7 Å². The van der Waals surface area contributed by atoms with E-state index in [4.69, 9.17) is 18.6 Å². The summed E-state index contributed by atoms with van der Waals surface area (Å²) in [5.41, 5.74) is 1.58. The Morgan fingerprint density at radius 1 is 0.971 bits per heavy atom. The van der Waals surface area contributed by atoms with Crippen LogP contribution in [-0.4, -0.2) is 40.4 Å². The molecule has 0 saturated carbocycles. The van der Waals surface area contributed by atoms with Crippen molar-refractivity contribution in [2.45, 2.75) is 93.2 Å². The molecular formula is C29H50O5Si.